The van der Waals surface area contributed by atoms with Crippen molar-refractivity contribution in [1.82, 2.24) is 9.55 Å². The van der Waals surface area contributed by atoms with E-state index < -0.39 is 0 Å². The molecule has 1 N–H and O–H groups in total. The fourth-order valence-corrected chi connectivity index (χ4v) is 3.06. The molecule has 1 aliphatic rings. The first kappa shape index (κ1) is 9.90. The van der Waals surface area contributed by atoms with Gasteiger partial charge in [-0.1, -0.05) is 13.0 Å². The van der Waals surface area contributed by atoms with Gasteiger partial charge in [0.25, 0.3) is 0 Å². The smallest absolute Gasteiger partial charge is 0.203 e. The van der Waals surface area contributed by atoms with Gasteiger partial charge in [-0.15, -0.1) is 11.3 Å². The van der Waals surface area contributed by atoms with Gasteiger partial charge in [0, 0.05) is 17.6 Å². The van der Waals surface area contributed by atoms with Crippen molar-refractivity contribution in [3.63, 3.8) is 0 Å². The largest absolute Gasteiger partial charge is 0.356 e. The van der Waals surface area contributed by atoms with Gasteiger partial charge < -0.3 is 9.88 Å². The van der Waals surface area contributed by atoms with Gasteiger partial charge in [0.2, 0.25) is 5.95 Å². The molecule has 84 valence electrons. The monoisotopic (exact) mass is 233 g/mol. The van der Waals surface area contributed by atoms with Crippen LogP contribution in [0.5, 0.6) is 0 Å². The Morgan fingerprint density at radius 3 is 3.31 bits per heavy atom. The molecule has 1 aliphatic heterocycles. The van der Waals surface area contributed by atoms with E-state index in [1.807, 2.05) is 11.3 Å². The number of aryl methyl sites for hydroxylation is 1. The first-order valence-corrected chi connectivity index (χ1v) is 6.61. The fourth-order valence-electron chi connectivity index (χ4n) is 2.20. The van der Waals surface area contributed by atoms with Crippen molar-refractivity contribution < 1.29 is 0 Å². The highest BCUT2D eigenvalue weighted by atomic mass is 32.1. The summed E-state index contributed by atoms with van der Waals surface area (Å²) in [6.45, 7) is 3.16. The number of anilines is 1. The van der Waals surface area contributed by atoms with E-state index in [0.29, 0.717) is 6.04 Å². The van der Waals surface area contributed by atoms with Crippen LogP contribution in [0.3, 0.4) is 0 Å². The van der Waals surface area contributed by atoms with E-state index >= 15 is 0 Å². The molecule has 2 aromatic rings. The highest BCUT2D eigenvalue weighted by Gasteiger charge is 2.22. The minimum absolute atomic E-state index is 0.476. The van der Waals surface area contributed by atoms with Crippen LogP contribution in [0, 0.1) is 0 Å². The standard InChI is InChI=1S/C12H15N3S/c1-2-9-8-15-10(11-4-3-7-16-11)5-6-13-12(15)14-9/h3-4,7-8,10H,2,5-6H2,1H3,(H,13,14). The van der Waals surface area contributed by atoms with Crippen LogP contribution in [0.15, 0.2) is 23.7 Å². The number of rotatable bonds is 2. The second-order valence-corrected chi connectivity index (χ2v) is 5.04. The third kappa shape index (κ3) is 1.53. The van der Waals surface area contributed by atoms with E-state index in [-0.39, 0.29) is 0 Å². The van der Waals surface area contributed by atoms with Gasteiger partial charge in [-0.3, -0.25) is 0 Å². The first-order chi connectivity index (χ1) is 7.88. The SMILES string of the molecule is CCc1cn2c(n1)NCCC2c1cccs1. The molecular weight excluding hydrogens is 218 g/mol. The summed E-state index contributed by atoms with van der Waals surface area (Å²) >= 11 is 1.83. The molecule has 0 radical (unpaired) electrons. The van der Waals surface area contributed by atoms with Gasteiger partial charge in [-0.2, -0.15) is 0 Å². The average Bonchev–Trinajstić information content (AvgIpc) is 2.97. The zero-order valence-corrected chi connectivity index (χ0v) is 10.1. The second kappa shape index (κ2) is 3.94. The Labute approximate surface area is 99.1 Å². The number of thiophene rings is 1. The first-order valence-electron chi connectivity index (χ1n) is 5.73. The molecule has 0 saturated carbocycles. The number of fused-ring (bicyclic) bond motifs is 1. The van der Waals surface area contributed by atoms with Crippen molar-refractivity contribution in [3.05, 3.63) is 34.3 Å². The number of hydrogen-bond acceptors (Lipinski definition) is 3. The van der Waals surface area contributed by atoms with Crippen molar-refractivity contribution in [2.75, 3.05) is 11.9 Å². The van der Waals surface area contributed by atoms with Crippen molar-refractivity contribution in [3.8, 4) is 0 Å². The van der Waals surface area contributed by atoms with E-state index in [2.05, 4.69) is 45.5 Å². The second-order valence-electron chi connectivity index (χ2n) is 4.06. The van der Waals surface area contributed by atoms with Crippen molar-refractivity contribution >= 4 is 17.3 Å². The zero-order chi connectivity index (χ0) is 11.0. The Morgan fingerprint density at radius 2 is 2.56 bits per heavy atom. The zero-order valence-electron chi connectivity index (χ0n) is 9.31. The molecule has 0 amide bonds. The predicted molar refractivity (Wildman–Crippen MR) is 67.2 cm³/mol. The normalized spacial score (nSPS) is 19.2. The summed E-state index contributed by atoms with van der Waals surface area (Å²) in [5.41, 5.74) is 1.17. The van der Waals surface area contributed by atoms with Crippen LogP contribution in [-0.2, 0) is 6.42 Å². The quantitative estimate of drug-likeness (QED) is 0.864. The van der Waals surface area contributed by atoms with Crippen molar-refractivity contribution in [2.45, 2.75) is 25.8 Å². The molecule has 0 spiro atoms. The highest BCUT2D eigenvalue weighted by Crippen LogP contribution is 2.32. The maximum atomic E-state index is 4.59. The van der Waals surface area contributed by atoms with Gasteiger partial charge in [-0.05, 0) is 24.3 Å². The third-order valence-electron chi connectivity index (χ3n) is 3.05. The molecule has 0 aliphatic carbocycles. The number of aromatic nitrogens is 2. The van der Waals surface area contributed by atoms with Crippen LogP contribution in [0.2, 0.25) is 0 Å². The maximum absolute atomic E-state index is 4.59. The molecule has 1 unspecified atom stereocenters. The van der Waals surface area contributed by atoms with E-state index in [1.165, 1.54) is 10.6 Å². The summed E-state index contributed by atoms with van der Waals surface area (Å²) in [6, 6.07) is 4.82. The van der Waals surface area contributed by atoms with Crippen LogP contribution in [-0.4, -0.2) is 16.1 Å². The van der Waals surface area contributed by atoms with Gasteiger partial charge in [0.1, 0.15) is 0 Å². The molecule has 4 heteroatoms. The van der Waals surface area contributed by atoms with Gasteiger partial charge >= 0.3 is 0 Å². The minimum atomic E-state index is 0.476. The molecule has 3 heterocycles. The van der Waals surface area contributed by atoms with Crippen molar-refractivity contribution in [1.29, 1.82) is 0 Å². The number of imidazole rings is 1. The highest BCUT2D eigenvalue weighted by molar-refractivity contribution is 7.10. The van der Waals surface area contributed by atoms with Crippen LogP contribution >= 0.6 is 11.3 Å². The molecule has 16 heavy (non-hydrogen) atoms. The van der Waals surface area contributed by atoms with E-state index in [4.69, 9.17) is 0 Å². The molecule has 3 nitrogen and oxygen atoms in total. The lowest BCUT2D eigenvalue weighted by molar-refractivity contribution is 0.538. The summed E-state index contributed by atoms with van der Waals surface area (Å²) < 4.78 is 2.29. The number of nitrogens with one attached hydrogen (secondary N) is 1. The lowest BCUT2D eigenvalue weighted by Gasteiger charge is -2.25. The van der Waals surface area contributed by atoms with Gasteiger partial charge in [0.15, 0.2) is 0 Å². The molecule has 3 rings (SSSR count). The van der Waals surface area contributed by atoms with Crippen molar-refractivity contribution in [2.24, 2.45) is 0 Å². The molecule has 0 fully saturated rings. The summed E-state index contributed by atoms with van der Waals surface area (Å²) in [7, 11) is 0. The number of nitrogens with zero attached hydrogens (tertiary/aromatic N) is 2. The van der Waals surface area contributed by atoms with E-state index in [1.54, 1.807) is 0 Å². The topological polar surface area (TPSA) is 29.9 Å². The third-order valence-corrected chi connectivity index (χ3v) is 4.03. The average molecular weight is 233 g/mol. The van der Waals surface area contributed by atoms with E-state index in [9.17, 15) is 0 Å². The summed E-state index contributed by atoms with van der Waals surface area (Å²) in [5, 5.41) is 5.51. The predicted octanol–water partition coefficient (Wildman–Crippen LogP) is 2.91. The summed E-state index contributed by atoms with van der Waals surface area (Å²) in [5.74, 6) is 1.03. The Morgan fingerprint density at radius 1 is 1.62 bits per heavy atom. The van der Waals surface area contributed by atoms with Crippen LogP contribution in [0.4, 0.5) is 5.95 Å². The summed E-state index contributed by atoms with van der Waals surface area (Å²) in [6.07, 6.45) is 4.33. The molecule has 2 aromatic heterocycles. The molecule has 1 atom stereocenters. The van der Waals surface area contributed by atoms with Gasteiger partial charge in [-0.25, -0.2) is 4.98 Å². The molecular formula is C12H15N3S. The summed E-state index contributed by atoms with van der Waals surface area (Å²) in [4.78, 5) is 6.02. The molecule has 0 bridgehead atoms. The van der Waals surface area contributed by atoms with Gasteiger partial charge in [0.05, 0.1) is 11.7 Å². The maximum Gasteiger partial charge on any atom is 0.203 e. The Kier molecular flexibility index (Phi) is 2.44. The number of hydrogen-bond donors (Lipinski definition) is 1. The van der Waals surface area contributed by atoms with E-state index in [0.717, 1.165) is 25.3 Å². The molecule has 0 saturated heterocycles. The Hall–Kier alpha value is -1.29. The minimum Gasteiger partial charge on any atom is -0.356 e. The van der Waals surface area contributed by atoms with Crippen LogP contribution in [0.25, 0.3) is 0 Å². The lowest BCUT2D eigenvalue weighted by Crippen LogP contribution is -2.22. The molecule has 0 aromatic carbocycles. The lowest BCUT2D eigenvalue weighted by atomic mass is 10.1. The van der Waals surface area contributed by atoms with Crippen LogP contribution in [0.1, 0.15) is 30.0 Å². The Bertz CT molecular complexity index is 472. The fraction of sp³-hybridized carbons (Fsp3) is 0.417. The Balaban J connectivity index is 2.02. The van der Waals surface area contributed by atoms with Crippen LogP contribution < -0.4 is 5.32 Å².